The molecule has 1 fully saturated rings. The van der Waals surface area contributed by atoms with E-state index in [-0.39, 0.29) is 17.8 Å². The molecular weight excluding hydrogens is 390 g/mol. The number of nitrogens with zero attached hydrogens (tertiary/aromatic N) is 4. The molecule has 1 aliphatic rings. The third-order valence-electron chi connectivity index (χ3n) is 4.14. The Morgan fingerprint density at radius 3 is 2.07 bits per heavy atom. The first-order valence-electron chi connectivity index (χ1n) is 8.22. The van der Waals surface area contributed by atoms with Gasteiger partial charge >= 0.3 is 12.4 Å². The smallest absolute Gasteiger partial charge is 0.339 e. The van der Waals surface area contributed by atoms with Gasteiger partial charge in [-0.05, 0) is 31.0 Å². The molecular formula is C17H14F6N4O. The summed E-state index contributed by atoms with van der Waals surface area (Å²) in [4.78, 5) is 17.3. The van der Waals surface area contributed by atoms with Crippen LogP contribution < -0.4 is 0 Å². The van der Waals surface area contributed by atoms with E-state index in [0.29, 0.717) is 25.2 Å². The summed E-state index contributed by atoms with van der Waals surface area (Å²) in [6, 6.07) is 1.14. The molecule has 2 heterocycles. The number of hydrogen-bond acceptors (Lipinski definition) is 3. The molecule has 11 heteroatoms. The summed E-state index contributed by atoms with van der Waals surface area (Å²) in [5, 5.41) is 3.84. The fraction of sp³-hybridized carbons (Fsp3) is 0.353. The molecule has 0 unspecified atom stereocenters. The molecule has 1 aliphatic heterocycles. The number of carbonyl (C=O) groups excluding carboxylic acids is 1. The summed E-state index contributed by atoms with van der Waals surface area (Å²) in [6.45, 7) is 1.27. The molecule has 0 radical (unpaired) electrons. The van der Waals surface area contributed by atoms with Crippen molar-refractivity contribution in [2.75, 3.05) is 13.1 Å². The summed E-state index contributed by atoms with van der Waals surface area (Å²) in [6.07, 6.45) is -4.54. The summed E-state index contributed by atoms with van der Waals surface area (Å²) in [7, 11) is 0. The number of halogens is 6. The van der Waals surface area contributed by atoms with Crippen LogP contribution in [0.25, 0.3) is 17.6 Å². The Kier molecular flexibility index (Phi) is 5.18. The highest BCUT2D eigenvalue weighted by Crippen LogP contribution is 2.38. The van der Waals surface area contributed by atoms with Gasteiger partial charge < -0.3 is 4.90 Å². The van der Waals surface area contributed by atoms with Crippen molar-refractivity contribution >= 4 is 12.1 Å². The van der Waals surface area contributed by atoms with E-state index in [1.54, 1.807) is 4.90 Å². The Morgan fingerprint density at radius 1 is 0.964 bits per heavy atom. The van der Waals surface area contributed by atoms with Gasteiger partial charge in [0.2, 0.25) is 5.91 Å². The SMILES string of the molecule is O=C(C=Cn1cnc(-c2cc(C(F)(F)F)cc(C(F)(F)F)c2)n1)N1CCCC1. The molecule has 5 nitrogen and oxygen atoms in total. The number of rotatable bonds is 3. The van der Waals surface area contributed by atoms with Gasteiger partial charge in [0.25, 0.3) is 0 Å². The van der Waals surface area contributed by atoms with E-state index in [0.717, 1.165) is 23.9 Å². The Morgan fingerprint density at radius 2 is 1.54 bits per heavy atom. The number of likely N-dealkylation sites (tertiary alicyclic amines) is 1. The topological polar surface area (TPSA) is 51.0 Å². The molecule has 0 aliphatic carbocycles. The summed E-state index contributed by atoms with van der Waals surface area (Å²) in [5.74, 6) is -0.581. The lowest BCUT2D eigenvalue weighted by atomic mass is 10.0. The third kappa shape index (κ3) is 4.52. The zero-order valence-corrected chi connectivity index (χ0v) is 14.3. The molecule has 0 atom stereocenters. The molecule has 28 heavy (non-hydrogen) atoms. The fourth-order valence-corrected chi connectivity index (χ4v) is 2.75. The quantitative estimate of drug-likeness (QED) is 0.572. The van der Waals surface area contributed by atoms with Crippen LogP contribution in [0.1, 0.15) is 24.0 Å². The molecule has 0 N–H and O–H groups in total. The Labute approximate surface area is 155 Å². The maximum Gasteiger partial charge on any atom is 0.416 e. The normalized spacial score (nSPS) is 15.6. The maximum atomic E-state index is 12.9. The second-order valence-corrected chi connectivity index (χ2v) is 6.19. The van der Waals surface area contributed by atoms with Crippen molar-refractivity contribution in [3.8, 4) is 11.4 Å². The van der Waals surface area contributed by atoms with E-state index in [4.69, 9.17) is 0 Å². The van der Waals surface area contributed by atoms with Gasteiger partial charge in [-0.15, -0.1) is 5.10 Å². The Hall–Kier alpha value is -2.85. The minimum atomic E-state index is -4.96. The van der Waals surface area contributed by atoms with Crippen LogP contribution in [0.2, 0.25) is 0 Å². The van der Waals surface area contributed by atoms with Crippen LogP contribution in [-0.4, -0.2) is 38.7 Å². The van der Waals surface area contributed by atoms with Crippen LogP contribution in [-0.2, 0) is 17.1 Å². The van der Waals surface area contributed by atoms with Gasteiger partial charge in [-0.2, -0.15) is 26.3 Å². The van der Waals surface area contributed by atoms with Crippen molar-refractivity contribution in [3.63, 3.8) is 0 Å². The van der Waals surface area contributed by atoms with Gasteiger partial charge in [0.15, 0.2) is 5.82 Å². The molecule has 150 valence electrons. The maximum absolute atomic E-state index is 12.9. The van der Waals surface area contributed by atoms with E-state index in [1.807, 2.05) is 0 Å². The first-order chi connectivity index (χ1) is 13.0. The fourth-order valence-electron chi connectivity index (χ4n) is 2.75. The second kappa shape index (κ2) is 7.28. The van der Waals surface area contributed by atoms with Crippen molar-refractivity contribution in [2.24, 2.45) is 0 Å². The lowest BCUT2D eigenvalue weighted by Gasteiger charge is -2.13. The monoisotopic (exact) mass is 404 g/mol. The molecule has 0 bridgehead atoms. The molecule has 0 saturated carbocycles. The van der Waals surface area contributed by atoms with Crippen molar-refractivity contribution in [1.29, 1.82) is 0 Å². The second-order valence-electron chi connectivity index (χ2n) is 6.19. The number of amides is 1. The van der Waals surface area contributed by atoms with Gasteiger partial charge in [0.1, 0.15) is 6.33 Å². The van der Waals surface area contributed by atoms with Gasteiger partial charge in [-0.1, -0.05) is 0 Å². The summed E-state index contributed by atoms with van der Waals surface area (Å²) >= 11 is 0. The van der Waals surface area contributed by atoms with Gasteiger partial charge in [-0.3, -0.25) is 4.79 Å². The van der Waals surface area contributed by atoms with E-state index >= 15 is 0 Å². The van der Waals surface area contributed by atoms with Crippen LogP contribution >= 0.6 is 0 Å². The largest absolute Gasteiger partial charge is 0.416 e. The molecule has 1 aromatic carbocycles. The van der Waals surface area contributed by atoms with Crippen molar-refractivity contribution in [2.45, 2.75) is 25.2 Å². The van der Waals surface area contributed by atoms with Gasteiger partial charge in [-0.25, -0.2) is 9.67 Å². The lowest BCUT2D eigenvalue weighted by Crippen LogP contribution is -2.25. The van der Waals surface area contributed by atoms with Crippen LogP contribution in [0.4, 0.5) is 26.3 Å². The average molecular weight is 404 g/mol. The minimum absolute atomic E-state index is 0.0368. The standard InChI is InChI=1S/C17H14F6N4O/c18-16(19,20)12-7-11(8-13(9-12)17(21,22)23)15-24-10-27(25-15)6-3-14(28)26-4-1-2-5-26/h3,6-10H,1-2,4-5H2. The molecule has 1 aromatic heterocycles. The highest BCUT2D eigenvalue weighted by molar-refractivity contribution is 5.90. The number of benzene rings is 1. The molecule has 1 saturated heterocycles. The number of aromatic nitrogens is 3. The number of alkyl halides is 6. The van der Waals surface area contributed by atoms with Gasteiger partial charge in [0, 0.05) is 30.9 Å². The number of carbonyl (C=O) groups is 1. The minimum Gasteiger partial charge on any atom is -0.339 e. The van der Waals surface area contributed by atoms with Crippen LogP contribution in [0.3, 0.4) is 0 Å². The van der Waals surface area contributed by atoms with Crippen LogP contribution in [0, 0.1) is 0 Å². The first-order valence-corrected chi connectivity index (χ1v) is 8.22. The Balaban J connectivity index is 1.88. The predicted molar refractivity (Wildman–Crippen MR) is 86.6 cm³/mol. The zero-order valence-electron chi connectivity index (χ0n) is 14.3. The summed E-state index contributed by atoms with van der Waals surface area (Å²) in [5.41, 5.74) is -3.33. The highest BCUT2D eigenvalue weighted by atomic mass is 19.4. The van der Waals surface area contributed by atoms with E-state index in [1.165, 1.54) is 12.3 Å². The van der Waals surface area contributed by atoms with E-state index < -0.39 is 29.0 Å². The highest BCUT2D eigenvalue weighted by Gasteiger charge is 2.37. The van der Waals surface area contributed by atoms with Crippen molar-refractivity contribution in [1.82, 2.24) is 19.7 Å². The first kappa shape index (κ1) is 19.9. The number of hydrogen-bond donors (Lipinski definition) is 0. The Bertz CT molecular complexity index is 862. The predicted octanol–water partition coefficient (Wildman–Crippen LogP) is 4.08. The third-order valence-corrected chi connectivity index (χ3v) is 4.14. The van der Waals surface area contributed by atoms with E-state index in [9.17, 15) is 31.1 Å². The van der Waals surface area contributed by atoms with Gasteiger partial charge in [0.05, 0.1) is 11.1 Å². The lowest BCUT2D eigenvalue weighted by molar-refractivity contribution is -0.143. The van der Waals surface area contributed by atoms with Crippen LogP contribution in [0.5, 0.6) is 0 Å². The van der Waals surface area contributed by atoms with E-state index in [2.05, 4.69) is 10.1 Å². The summed E-state index contributed by atoms with van der Waals surface area (Å²) < 4.78 is 78.7. The van der Waals surface area contributed by atoms with Crippen molar-refractivity contribution in [3.05, 3.63) is 41.7 Å². The van der Waals surface area contributed by atoms with Crippen LogP contribution in [0.15, 0.2) is 30.6 Å². The van der Waals surface area contributed by atoms with Crippen molar-refractivity contribution < 1.29 is 31.1 Å². The molecule has 2 aromatic rings. The molecule has 3 rings (SSSR count). The molecule has 0 spiro atoms. The molecule has 1 amide bonds. The zero-order chi connectivity index (χ0) is 20.5. The average Bonchev–Trinajstić information content (AvgIpc) is 3.29.